The number of methoxy groups -OCH3 is 1. The van der Waals surface area contributed by atoms with E-state index in [9.17, 15) is 9.90 Å². The van der Waals surface area contributed by atoms with Gasteiger partial charge in [-0.1, -0.05) is 93.6 Å². The number of nitrogens with two attached hydrogens (primary N) is 1. The first-order valence-corrected chi connectivity index (χ1v) is 18.1. The van der Waals surface area contributed by atoms with Crippen molar-refractivity contribution in [1.29, 1.82) is 0 Å². The van der Waals surface area contributed by atoms with Gasteiger partial charge in [-0.15, -0.1) is 0 Å². The molecule has 0 saturated carbocycles. The maximum atomic E-state index is 13.0. The molecule has 0 unspecified atom stereocenters. The van der Waals surface area contributed by atoms with E-state index in [0.29, 0.717) is 0 Å². The van der Waals surface area contributed by atoms with Crippen molar-refractivity contribution in [1.82, 2.24) is 14.9 Å². The number of benzene rings is 3. The molecular formula is C35H44N4O5Si. The predicted octanol–water partition coefficient (Wildman–Crippen LogP) is 5.06. The zero-order valence-corrected chi connectivity index (χ0v) is 27.8. The van der Waals surface area contributed by atoms with Crippen LogP contribution in [0.1, 0.15) is 43.7 Å². The van der Waals surface area contributed by atoms with Crippen molar-refractivity contribution < 1.29 is 19.0 Å². The lowest BCUT2D eigenvalue weighted by Crippen LogP contribution is -2.51. The van der Waals surface area contributed by atoms with E-state index in [1.807, 2.05) is 60.7 Å². The monoisotopic (exact) mass is 628 g/mol. The predicted molar refractivity (Wildman–Crippen MR) is 179 cm³/mol. The van der Waals surface area contributed by atoms with Gasteiger partial charge >= 0.3 is 5.69 Å². The molecule has 1 saturated heterocycles. The zero-order chi connectivity index (χ0) is 32.4. The summed E-state index contributed by atoms with van der Waals surface area (Å²) in [7, 11) is -0.756. The number of aromatic nitrogens is 2. The van der Waals surface area contributed by atoms with Crippen molar-refractivity contribution in [3.63, 3.8) is 0 Å². The van der Waals surface area contributed by atoms with Crippen LogP contribution in [0.2, 0.25) is 18.1 Å². The number of nitrogen functional groups attached to an aromatic ring is 1. The second-order valence-corrected chi connectivity index (χ2v) is 17.8. The van der Waals surface area contributed by atoms with Gasteiger partial charge < -0.3 is 24.7 Å². The van der Waals surface area contributed by atoms with Gasteiger partial charge in [0.2, 0.25) is 0 Å². The lowest BCUT2D eigenvalue weighted by Gasteiger charge is -2.40. The molecule has 9 nitrogen and oxygen atoms in total. The molecule has 1 fully saturated rings. The van der Waals surface area contributed by atoms with Gasteiger partial charge in [-0.25, -0.2) is 4.79 Å². The Morgan fingerprint density at radius 3 is 2.00 bits per heavy atom. The van der Waals surface area contributed by atoms with Crippen LogP contribution in [0.15, 0.2) is 102 Å². The molecule has 1 aromatic heterocycles. The van der Waals surface area contributed by atoms with E-state index in [1.54, 1.807) is 19.4 Å². The molecule has 3 aromatic carbocycles. The highest BCUT2D eigenvalue weighted by atomic mass is 28.4. The summed E-state index contributed by atoms with van der Waals surface area (Å²) in [6.45, 7) is 10.9. The molecule has 4 atom stereocenters. The zero-order valence-electron chi connectivity index (χ0n) is 26.8. The highest BCUT2D eigenvalue weighted by Crippen LogP contribution is 2.42. The molecule has 5 rings (SSSR count). The summed E-state index contributed by atoms with van der Waals surface area (Å²) < 4.78 is 20.1. The molecule has 2 heterocycles. The van der Waals surface area contributed by atoms with Gasteiger partial charge in [0.05, 0.1) is 12.6 Å². The van der Waals surface area contributed by atoms with Gasteiger partial charge in [0.25, 0.3) is 0 Å². The quantitative estimate of drug-likeness (QED) is 0.165. The molecule has 45 heavy (non-hydrogen) atoms. The topological polar surface area (TPSA) is 121 Å². The molecule has 4 aromatic rings. The summed E-state index contributed by atoms with van der Waals surface area (Å²) in [6, 6.07) is 29.9. The van der Waals surface area contributed by atoms with Crippen LogP contribution in [0.3, 0.4) is 0 Å². The van der Waals surface area contributed by atoms with E-state index in [0.717, 1.165) is 22.4 Å². The molecule has 0 spiro atoms. The highest BCUT2D eigenvalue weighted by Gasteiger charge is 2.51. The standard InChI is InChI=1S/C35H44N4O5Si/c1-34(2,3)45(5,6)44-31-30(40)28(43-32(31)39-22-21-29(36)38-33(39)41)23-37-35(24-13-9-7-10-14-24,25-15-11-8-12-16-25)26-17-19-27(42-4)20-18-26/h7-22,28,30-32,37,40H,23H2,1-6H3,(H2,36,38,41)/t28-,30-,31-,32-/m1/s1. The molecule has 0 bridgehead atoms. The Kier molecular flexibility index (Phi) is 9.34. The Balaban J connectivity index is 1.57. The molecule has 0 aliphatic carbocycles. The highest BCUT2D eigenvalue weighted by molar-refractivity contribution is 6.74. The van der Waals surface area contributed by atoms with E-state index >= 15 is 0 Å². The first-order valence-electron chi connectivity index (χ1n) is 15.2. The number of aliphatic hydroxyl groups is 1. The number of hydrogen-bond donors (Lipinski definition) is 3. The lowest BCUT2D eigenvalue weighted by atomic mass is 9.76. The molecule has 4 N–H and O–H groups in total. The fraction of sp³-hybridized carbons (Fsp3) is 0.371. The van der Waals surface area contributed by atoms with Gasteiger partial charge in [-0.05, 0) is 53.0 Å². The van der Waals surface area contributed by atoms with Crippen molar-refractivity contribution in [2.75, 3.05) is 19.4 Å². The first kappa shape index (κ1) is 32.6. The number of anilines is 1. The van der Waals surface area contributed by atoms with Gasteiger partial charge in [0.1, 0.15) is 29.9 Å². The third-order valence-electron chi connectivity index (χ3n) is 9.18. The minimum atomic E-state index is -2.40. The Morgan fingerprint density at radius 1 is 0.933 bits per heavy atom. The van der Waals surface area contributed by atoms with Crippen molar-refractivity contribution in [2.45, 2.75) is 69.0 Å². The normalized spacial score (nSPS) is 20.7. The molecular weight excluding hydrogens is 584 g/mol. The number of ether oxygens (including phenoxy) is 2. The van der Waals surface area contributed by atoms with Crippen LogP contribution in [0.5, 0.6) is 5.75 Å². The van der Waals surface area contributed by atoms with E-state index in [1.165, 1.54) is 4.57 Å². The maximum Gasteiger partial charge on any atom is 0.351 e. The second-order valence-electron chi connectivity index (χ2n) is 13.0. The molecule has 0 radical (unpaired) electrons. The number of rotatable bonds is 10. The average molecular weight is 629 g/mol. The maximum absolute atomic E-state index is 13.0. The summed E-state index contributed by atoms with van der Waals surface area (Å²) in [6.07, 6.45) is -1.91. The first-order chi connectivity index (χ1) is 21.4. The summed E-state index contributed by atoms with van der Waals surface area (Å²) in [5.74, 6) is 0.865. The minimum absolute atomic E-state index is 0.116. The van der Waals surface area contributed by atoms with Crippen molar-refractivity contribution in [3.05, 3.63) is 124 Å². The third-order valence-corrected chi connectivity index (χ3v) is 13.7. The fourth-order valence-corrected chi connectivity index (χ4v) is 6.94. The summed E-state index contributed by atoms with van der Waals surface area (Å²) in [5, 5.41) is 15.6. The Morgan fingerprint density at radius 2 is 1.49 bits per heavy atom. The SMILES string of the molecule is COc1ccc(C(NC[C@H]2O[C@@H](n3ccc(N)nc3=O)[C@H](O[Si](C)(C)C(C)(C)C)[C@@H]2O)(c2ccccc2)c2ccccc2)cc1. The Bertz CT molecular complexity index is 1580. The van der Waals surface area contributed by atoms with Crippen molar-refractivity contribution in [2.24, 2.45) is 0 Å². The van der Waals surface area contributed by atoms with Gasteiger partial charge in [-0.3, -0.25) is 9.88 Å². The average Bonchev–Trinajstić information content (AvgIpc) is 3.32. The van der Waals surface area contributed by atoms with Crippen LogP contribution in [0, 0.1) is 0 Å². The summed E-state index contributed by atoms with van der Waals surface area (Å²) in [5.41, 5.74) is 7.43. The number of nitrogens with one attached hydrogen (secondary N) is 1. The largest absolute Gasteiger partial charge is 0.497 e. The van der Waals surface area contributed by atoms with E-state index < -0.39 is 44.1 Å². The Labute approximate surface area is 266 Å². The van der Waals surface area contributed by atoms with Gasteiger partial charge in [0, 0.05) is 12.7 Å². The smallest absolute Gasteiger partial charge is 0.351 e. The van der Waals surface area contributed by atoms with Crippen LogP contribution in [-0.4, -0.2) is 54.9 Å². The molecule has 1 aliphatic heterocycles. The summed E-state index contributed by atoms with van der Waals surface area (Å²) >= 11 is 0. The van der Waals surface area contributed by atoms with E-state index in [-0.39, 0.29) is 17.4 Å². The van der Waals surface area contributed by atoms with Gasteiger partial charge in [-0.2, -0.15) is 4.98 Å². The fourth-order valence-electron chi connectivity index (χ4n) is 5.65. The second kappa shape index (κ2) is 12.9. The lowest BCUT2D eigenvalue weighted by molar-refractivity contribution is -0.0368. The number of nitrogens with zero attached hydrogens (tertiary/aromatic N) is 2. The third kappa shape index (κ3) is 6.47. The van der Waals surface area contributed by atoms with E-state index in [2.05, 4.69) is 68.4 Å². The molecule has 0 amide bonds. The summed E-state index contributed by atoms with van der Waals surface area (Å²) in [4.78, 5) is 16.9. The molecule has 1 aliphatic rings. The molecule has 238 valence electrons. The van der Waals surface area contributed by atoms with Crippen LogP contribution in [0.25, 0.3) is 0 Å². The van der Waals surface area contributed by atoms with Crippen LogP contribution < -0.4 is 21.5 Å². The van der Waals surface area contributed by atoms with Crippen LogP contribution >= 0.6 is 0 Å². The van der Waals surface area contributed by atoms with Crippen molar-refractivity contribution in [3.8, 4) is 5.75 Å². The van der Waals surface area contributed by atoms with E-state index in [4.69, 9.17) is 19.6 Å². The Hall–Kier alpha value is -3.80. The number of hydrogen-bond acceptors (Lipinski definition) is 8. The van der Waals surface area contributed by atoms with Crippen molar-refractivity contribution >= 4 is 14.1 Å². The molecule has 10 heteroatoms. The van der Waals surface area contributed by atoms with Crippen LogP contribution in [0.4, 0.5) is 5.82 Å². The number of aliphatic hydroxyl groups excluding tert-OH is 1. The van der Waals surface area contributed by atoms with Crippen LogP contribution in [-0.2, 0) is 14.7 Å². The van der Waals surface area contributed by atoms with Gasteiger partial charge in [0.15, 0.2) is 14.5 Å². The minimum Gasteiger partial charge on any atom is -0.497 e.